The van der Waals surface area contributed by atoms with Crippen molar-refractivity contribution in [2.24, 2.45) is 0 Å². The minimum Gasteiger partial charge on any atom is -0.326 e. The second-order valence-corrected chi connectivity index (χ2v) is 10.4. The quantitative estimate of drug-likeness (QED) is 0.446. The summed E-state index contributed by atoms with van der Waals surface area (Å²) in [6, 6.07) is 20.1. The summed E-state index contributed by atoms with van der Waals surface area (Å²) in [6.07, 6.45) is 1.76. The van der Waals surface area contributed by atoms with E-state index >= 15 is 0 Å². The van der Waals surface area contributed by atoms with E-state index in [0.29, 0.717) is 38.4 Å². The zero-order valence-electron chi connectivity index (χ0n) is 19.3. The van der Waals surface area contributed by atoms with E-state index in [9.17, 15) is 13.2 Å². The molecule has 0 spiro atoms. The molecule has 4 aromatic rings. The zero-order valence-corrected chi connectivity index (χ0v) is 20.1. The first-order chi connectivity index (χ1) is 16.9. The minimum absolute atomic E-state index is 0.201. The Bertz CT molecular complexity index is 1440. The molecular formula is C25H26N6O3S. The van der Waals surface area contributed by atoms with E-state index in [1.807, 2.05) is 42.5 Å². The summed E-state index contributed by atoms with van der Waals surface area (Å²) in [5.41, 5.74) is 3.19. The maximum Gasteiger partial charge on any atom is 0.243 e. The number of carbonyl (C=O) groups excluding carboxylic acids is 1. The number of amides is 1. The van der Waals surface area contributed by atoms with Crippen LogP contribution in [0.3, 0.4) is 0 Å². The molecule has 0 bridgehead atoms. The molecule has 0 atom stereocenters. The van der Waals surface area contributed by atoms with E-state index in [4.69, 9.17) is 4.98 Å². The number of imidazole rings is 1. The van der Waals surface area contributed by atoms with Crippen molar-refractivity contribution in [3.8, 4) is 5.69 Å². The van der Waals surface area contributed by atoms with Crippen LogP contribution in [-0.4, -0.2) is 64.2 Å². The summed E-state index contributed by atoms with van der Waals surface area (Å²) in [5.74, 6) is 0.670. The maximum absolute atomic E-state index is 13.1. The largest absolute Gasteiger partial charge is 0.326 e. The highest BCUT2D eigenvalue weighted by Crippen LogP contribution is 2.23. The Morgan fingerprint density at radius 1 is 0.943 bits per heavy atom. The van der Waals surface area contributed by atoms with Gasteiger partial charge >= 0.3 is 0 Å². The first-order valence-electron chi connectivity index (χ1n) is 11.4. The summed E-state index contributed by atoms with van der Waals surface area (Å²) in [5, 5.41) is 2.65. The van der Waals surface area contributed by atoms with Gasteiger partial charge in [-0.05, 0) is 48.5 Å². The Morgan fingerprint density at radius 3 is 2.34 bits per heavy atom. The van der Waals surface area contributed by atoms with Gasteiger partial charge in [-0.1, -0.05) is 18.2 Å². The number of sulfonamides is 1. The number of nitrogens with one attached hydrogen (secondary N) is 1. The lowest BCUT2D eigenvalue weighted by Gasteiger charge is -2.33. The Kier molecular flexibility index (Phi) is 6.33. The number of anilines is 1. The number of hydrogen-bond donors (Lipinski definition) is 1. The Morgan fingerprint density at radius 2 is 1.66 bits per heavy atom. The average molecular weight is 491 g/mol. The molecule has 2 aromatic heterocycles. The molecular weight excluding hydrogens is 464 g/mol. The molecule has 0 unspecified atom stereocenters. The Hall–Kier alpha value is -3.60. The summed E-state index contributed by atoms with van der Waals surface area (Å²) < 4.78 is 29.9. The molecule has 0 aliphatic carbocycles. The number of piperazine rings is 1. The van der Waals surface area contributed by atoms with Crippen LogP contribution in [0.1, 0.15) is 12.7 Å². The topological polar surface area (TPSA) is 100 Å². The second-order valence-electron chi connectivity index (χ2n) is 8.43. The van der Waals surface area contributed by atoms with Crippen molar-refractivity contribution >= 4 is 32.8 Å². The van der Waals surface area contributed by atoms with Crippen molar-refractivity contribution in [1.29, 1.82) is 0 Å². The zero-order chi connectivity index (χ0) is 24.4. The number of carbonyl (C=O) groups is 1. The fourth-order valence-corrected chi connectivity index (χ4v) is 5.73. The molecule has 1 N–H and O–H groups in total. The lowest BCUT2D eigenvalue weighted by Crippen LogP contribution is -2.48. The van der Waals surface area contributed by atoms with Gasteiger partial charge in [-0.2, -0.15) is 4.31 Å². The normalized spacial score (nSPS) is 15.3. The van der Waals surface area contributed by atoms with Crippen LogP contribution in [0.25, 0.3) is 16.9 Å². The fraction of sp³-hybridized carbons (Fsp3) is 0.240. The van der Waals surface area contributed by atoms with Gasteiger partial charge in [-0.25, -0.2) is 18.4 Å². The van der Waals surface area contributed by atoms with E-state index in [-0.39, 0.29) is 10.8 Å². The molecule has 1 saturated heterocycles. The van der Waals surface area contributed by atoms with Gasteiger partial charge in [-0.15, -0.1) is 0 Å². The van der Waals surface area contributed by atoms with Crippen LogP contribution in [0, 0.1) is 0 Å². The minimum atomic E-state index is -3.61. The number of para-hydroxylation sites is 1. The molecule has 3 heterocycles. The third kappa shape index (κ3) is 4.81. The molecule has 1 fully saturated rings. The molecule has 2 aromatic carbocycles. The van der Waals surface area contributed by atoms with Crippen LogP contribution < -0.4 is 5.32 Å². The molecule has 0 radical (unpaired) electrons. The van der Waals surface area contributed by atoms with Gasteiger partial charge in [0, 0.05) is 50.7 Å². The summed E-state index contributed by atoms with van der Waals surface area (Å²) >= 11 is 0. The van der Waals surface area contributed by atoms with Gasteiger partial charge < -0.3 is 5.32 Å². The summed E-state index contributed by atoms with van der Waals surface area (Å²) in [4.78, 5) is 23.0. The van der Waals surface area contributed by atoms with Gasteiger partial charge in [0.05, 0.1) is 11.4 Å². The monoisotopic (exact) mass is 490 g/mol. The van der Waals surface area contributed by atoms with Gasteiger partial charge in [0.15, 0.2) is 5.65 Å². The van der Waals surface area contributed by atoms with E-state index < -0.39 is 10.0 Å². The van der Waals surface area contributed by atoms with Gasteiger partial charge in [-0.3, -0.25) is 14.3 Å². The first-order valence-corrected chi connectivity index (χ1v) is 12.8. The number of pyridine rings is 1. The van der Waals surface area contributed by atoms with Crippen molar-refractivity contribution in [2.45, 2.75) is 18.4 Å². The van der Waals surface area contributed by atoms with Crippen LogP contribution in [0.5, 0.6) is 0 Å². The summed E-state index contributed by atoms with van der Waals surface area (Å²) in [7, 11) is -3.61. The van der Waals surface area contributed by atoms with Crippen molar-refractivity contribution < 1.29 is 13.2 Å². The van der Waals surface area contributed by atoms with Gasteiger partial charge in [0.25, 0.3) is 0 Å². The number of benzene rings is 2. The smallest absolute Gasteiger partial charge is 0.243 e. The second kappa shape index (κ2) is 9.57. The first kappa shape index (κ1) is 23.2. The highest BCUT2D eigenvalue weighted by atomic mass is 32.2. The SMILES string of the molecule is CC(=O)Nc1ccc(S(=O)(=O)N2CCN(Cc3nc4cccnc4n3-c3ccccc3)CC2)cc1. The molecule has 35 heavy (non-hydrogen) atoms. The third-order valence-corrected chi connectivity index (χ3v) is 7.92. The molecule has 10 heteroatoms. The fourth-order valence-electron chi connectivity index (χ4n) is 4.30. The predicted molar refractivity (Wildman–Crippen MR) is 134 cm³/mol. The highest BCUT2D eigenvalue weighted by Gasteiger charge is 2.29. The molecule has 1 aliphatic rings. The molecule has 0 saturated carbocycles. The van der Waals surface area contributed by atoms with Crippen LogP contribution in [0.4, 0.5) is 5.69 Å². The predicted octanol–water partition coefficient (Wildman–Crippen LogP) is 2.89. The molecule has 9 nitrogen and oxygen atoms in total. The standard InChI is InChI=1S/C25H26N6O3S/c1-19(32)27-20-9-11-22(12-10-20)35(33,34)30-16-14-29(15-17-30)18-24-28-23-8-5-13-26-25(23)31(24)21-6-3-2-4-7-21/h2-13H,14-18H2,1H3,(H,27,32). The van der Waals surface area contributed by atoms with Crippen LogP contribution in [-0.2, 0) is 21.4 Å². The van der Waals surface area contributed by atoms with E-state index in [0.717, 1.165) is 22.7 Å². The number of fused-ring (bicyclic) bond motifs is 1. The third-order valence-electron chi connectivity index (χ3n) is 6.01. The number of rotatable bonds is 6. The highest BCUT2D eigenvalue weighted by molar-refractivity contribution is 7.89. The van der Waals surface area contributed by atoms with Crippen molar-refractivity contribution in [1.82, 2.24) is 23.7 Å². The molecule has 180 valence electrons. The summed E-state index contributed by atoms with van der Waals surface area (Å²) in [6.45, 7) is 3.96. The van der Waals surface area contributed by atoms with E-state index in [2.05, 4.69) is 19.8 Å². The molecule has 1 aliphatic heterocycles. The van der Waals surface area contributed by atoms with E-state index in [1.165, 1.54) is 23.4 Å². The van der Waals surface area contributed by atoms with Crippen LogP contribution in [0.15, 0.2) is 77.8 Å². The number of nitrogens with zero attached hydrogens (tertiary/aromatic N) is 5. The molecule has 1 amide bonds. The van der Waals surface area contributed by atoms with Crippen LogP contribution in [0.2, 0.25) is 0 Å². The van der Waals surface area contributed by atoms with Gasteiger partial charge in [0.1, 0.15) is 11.3 Å². The lowest BCUT2D eigenvalue weighted by molar-refractivity contribution is -0.114. The number of aromatic nitrogens is 3. The van der Waals surface area contributed by atoms with Gasteiger partial charge in [0.2, 0.25) is 15.9 Å². The Labute approximate surface area is 204 Å². The molecule has 5 rings (SSSR count). The number of hydrogen-bond acceptors (Lipinski definition) is 6. The average Bonchev–Trinajstić information content (AvgIpc) is 3.22. The Balaban J connectivity index is 1.31. The lowest BCUT2D eigenvalue weighted by atomic mass is 10.3. The van der Waals surface area contributed by atoms with Crippen LogP contribution >= 0.6 is 0 Å². The van der Waals surface area contributed by atoms with Crippen molar-refractivity contribution in [3.63, 3.8) is 0 Å². The van der Waals surface area contributed by atoms with Crippen molar-refractivity contribution in [3.05, 3.63) is 78.8 Å². The maximum atomic E-state index is 13.1. The van der Waals surface area contributed by atoms with Crippen molar-refractivity contribution in [2.75, 3.05) is 31.5 Å². The van der Waals surface area contributed by atoms with E-state index in [1.54, 1.807) is 18.3 Å².